The van der Waals surface area contributed by atoms with Crippen LogP contribution in [0.4, 0.5) is 22.0 Å². The van der Waals surface area contributed by atoms with Crippen molar-refractivity contribution in [3.63, 3.8) is 0 Å². The Hall–Kier alpha value is -1.42. The molecule has 0 amide bonds. The minimum Gasteiger partial charge on any atom is -0.244 e. The van der Waals surface area contributed by atoms with Crippen LogP contribution >= 0.6 is 11.6 Å². The third kappa shape index (κ3) is 2.64. The normalized spacial score (nSPS) is 11.6. The van der Waals surface area contributed by atoms with Crippen molar-refractivity contribution >= 4 is 11.6 Å². The highest BCUT2D eigenvalue weighted by molar-refractivity contribution is 6.17. The Kier molecular flexibility index (Phi) is 3.88. The molecule has 1 heterocycles. The van der Waals surface area contributed by atoms with E-state index < -0.39 is 40.9 Å². The van der Waals surface area contributed by atoms with Gasteiger partial charge in [-0.1, -0.05) is 0 Å². The number of rotatable bonds is 2. The van der Waals surface area contributed by atoms with E-state index in [1.165, 1.54) is 6.07 Å². The first-order valence-electron chi connectivity index (χ1n) is 4.16. The highest BCUT2D eigenvalue weighted by atomic mass is 35.5. The summed E-state index contributed by atoms with van der Waals surface area (Å²) in [5.74, 6) is -0.772. The number of hydrogen-bond acceptors (Lipinski definition) is 2. The molecule has 17 heavy (non-hydrogen) atoms. The Morgan fingerprint density at radius 2 is 2.00 bits per heavy atom. The number of nitriles is 1. The van der Waals surface area contributed by atoms with Crippen molar-refractivity contribution in [1.29, 1.82) is 5.26 Å². The van der Waals surface area contributed by atoms with Crippen LogP contribution in [-0.4, -0.2) is 4.98 Å². The second-order valence-electron chi connectivity index (χ2n) is 2.96. The minimum atomic E-state index is -4.95. The quantitative estimate of drug-likeness (QED) is 0.607. The van der Waals surface area contributed by atoms with Crippen LogP contribution in [0.15, 0.2) is 6.20 Å². The van der Waals surface area contributed by atoms with E-state index in [0.717, 1.165) is 0 Å². The molecule has 0 aliphatic rings. The summed E-state index contributed by atoms with van der Waals surface area (Å²) in [6.45, 7) is 0. The number of alkyl halides is 6. The SMILES string of the molecule is N#Cc1ncc(C(F)F)c(CCl)c1C(F)(F)F. The molecule has 1 aromatic rings. The minimum absolute atomic E-state index is 0.538. The van der Waals surface area contributed by atoms with Crippen LogP contribution in [0.5, 0.6) is 0 Å². The van der Waals surface area contributed by atoms with Crippen molar-refractivity contribution in [3.05, 3.63) is 28.6 Å². The molecule has 0 aliphatic carbocycles. The van der Waals surface area contributed by atoms with E-state index in [1.807, 2.05) is 0 Å². The van der Waals surface area contributed by atoms with Crippen LogP contribution in [0.25, 0.3) is 0 Å². The molecule has 0 radical (unpaired) electrons. The molecule has 0 saturated carbocycles. The molecule has 0 unspecified atom stereocenters. The summed E-state index contributed by atoms with van der Waals surface area (Å²) in [4.78, 5) is 3.07. The Bertz CT molecular complexity index is 464. The first-order valence-corrected chi connectivity index (χ1v) is 4.69. The highest BCUT2D eigenvalue weighted by Crippen LogP contribution is 2.38. The molecule has 0 bridgehead atoms. The fourth-order valence-corrected chi connectivity index (χ4v) is 1.57. The maximum Gasteiger partial charge on any atom is 0.419 e. The lowest BCUT2D eigenvalue weighted by atomic mass is 10.0. The predicted octanol–water partition coefficient (Wildman–Crippen LogP) is 3.65. The molecule has 1 rings (SSSR count). The van der Waals surface area contributed by atoms with E-state index in [-0.39, 0.29) is 0 Å². The van der Waals surface area contributed by atoms with Gasteiger partial charge in [-0.15, -0.1) is 11.6 Å². The fraction of sp³-hybridized carbons (Fsp3) is 0.333. The van der Waals surface area contributed by atoms with Gasteiger partial charge in [-0.2, -0.15) is 18.4 Å². The van der Waals surface area contributed by atoms with Crippen LogP contribution in [0, 0.1) is 11.3 Å². The van der Waals surface area contributed by atoms with Crippen molar-refractivity contribution < 1.29 is 22.0 Å². The molecule has 0 spiro atoms. The molecular formula is C9H4ClF5N2. The van der Waals surface area contributed by atoms with Gasteiger partial charge in [0.05, 0.1) is 5.56 Å². The second-order valence-corrected chi connectivity index (χ2v) is 3.23. The Morgan fingerprint density at radius 3 is 2.35 bits per heavy atom. The maximum atomic E-state index is 12.6. The van der Waals surface area contributed by atoms with Crippen molar-refractivity contribution in [2.75, 3.05) is 0 Å². The maximum absolute atomic E-state index is 12.6. The van der Waals surface area contributed by atoms with E-state index in [2.05, 4.69) is 4.98 Å². The van der Waals surface area contributed by atoms with E-state index in [1.54, 1.807) is 0 Å². The van der Waals surface area contributed by atoms with Crippen molar-refractivity contribution in [2.24, 2.45) is 0 Å². The van der Waals surface area contributed by atoms with Crippen LogP contribution in [0.2, 0.25) is 0 Å². The molecule has 0 N–H and O–H groups in total. The zero-order valence-corrected chi connectivity index (χ0v) is 8.78. The van der Waals surface area contributed by atoms with Crippen molar-refractivity contribution in [3.8, 4) is 6.07 Å². The smallest absolute Gasteiger partial charge is 0.244 e. The Morgan fingerprint density at radius 1 is 1.41 bits per heavy atom. The summed E-state index contributed by atoms with van der Waals surface area (Å²) < 4.78 is 62.8. The van der Waals surface area contributed by atoms with Gasteiger partial charge in [0.1, 0.15) is 6.07 Å². The molecule has 0 fully saturated rings. The zero-order valence-electron chi connectivity index (χ0n) is 8.02. The summed E-state index contributed by atoms with van der Waals surface area (Å²) in [5.41, 5.74) is -4.17. The fourth-order valence-electron chi connectivity index (χ4n) is 1.29. The lowest BCUT2D eigenvalue weighted by molar-refractivity contribution is -0.138. The summed E-state index contributed by atoms with van der Waals surface area (Å²) in [5, 5.41) is 8.49. The number of halogens is 6. The first-order chi connectivity index (χ1) is 7.82. The molecule has 0 aromatic carbocycles. The predicted molar refractivity (Wildman–Crippen MR) is 48.5 cm³/mol. The molecule has 2 nitrogen and oxygen atoms in total. The average molecular weight is 271 g/mol. The summed E-state index contributed by atoms with van der Waals surface area (Å²) >= 11 is 5.25. The monoisotopic (exact) mass is 270 g/mol. The topological polar surface area (TPSA) is 36.7 Å². The van der Waals surface area contributed by atoms with Gasteiger partial charge < -0.3 is 0 Å². The molecule has 0 saturated heterocycles. The van der Waals surface area contributed by atoms with Gasteiger partial charge >= 0.3 is 6.18 Å². The van der Waals surface area contributed by atoms with E-state index in [4.69, 9.17) is 16.9 Å². The van der Waals surface area contributed by atoms with Crippen molar-refractivity contribution in [2.45, 2.75) is 18.5 Å². The number of aromatic nitrogens is 1. The molecule has 0 atom stereocenters. The molecule has 92 valence electrons. The van der Waals surface area contributed by atoms with Gasteiger partial charge in [-0.05, 0) is 5.56 Å². The van der Waals surface area contributed by atoms with Gasteiger partial charge in [0.15, 0.2) is 5.69 Å². The van der Waals surface area contributed by atoms with Crippen LogP contribution in [-0.2, 0) is 12.1 Å². The third-order valence-electron chi connectivity index (χ3n) is 1.98. The Balaban J connectivity index is 3.63. The third-order valence-corrected chi connectivity index (χ3v) is 2.25. The van der Waals surface area contributed by atoms with Crippen LogP contribution < -0.4 is 0 Å². The Labute approximate surface area is 97.6 Å². The van der Waals surface area contributed by atoms with Gasteiger partial charge in [-0.25, -0.2) is 13.8 Å². The highest BCUT2D eigenvalue weighted by Gasteiger charge is 2.39. The molecule has 1 aromatic heterocycles. The second kappa shape index (κ2) is 4.84. The molecule has 0 aliphatic heterocycles. The number of pyridine rings is 1. The van der Waals surface area contributed by atoms with Crippen LogP contribution in [0.1, 0.15) is 28.8 Å². The number of hydrogen-bond donors (Lipinski definition) is 0. The van der Waals surface area contributed by atoms with E-state index in [0.29, 0.717) is 6.20 Å². The summed E-state index contributed by atoms with van der Waals surface area (Å²) in [6.07, 6.45) is -7.55. The molecule has 8 heteroatoms. The van der Waals surface area contributed by atoms with Gasteiger partial charge in [0.2, 0.25) is 0 Å². The summed E-state index contributed by atoms with van der Waals surface area (Å²) in [7, 11) is 0. The lowest BCUT2D eigenvalue weighted by Crippen LogP contribution is -2.15. The van der Waals surface area contributed by atoms with E-state index in [9.17, 15) is 22.0 Å². The van der Waals surface area contributed by atoms with Crippen LogP contribution in [0.3, 0.4) is 0 Å². The zero-order chi connectivity index (χ0) is 13.2. The van der Waals surface area contributed by atoms with Crippen molar-refractivity contribution in [1.82, 2.24) is 4.98 Å². The van der Waals surface area contributed by atoms with Gasteiger partial charge in [-0.3, -0.25) is 0 Å². The number of nitrogens with zero attached hydrogens (tertiary/aromatic N) is 2. The standard InChI is InChI=1S/C9H4ClF5N2/c10-1-4-5(8(11)12)3-17-6(2-16)7(4)9(13,14)15/h3,8H,1H2. The van der Waals surface area contributed by atoms with E-state index >= 15 is 0 Å². The molecular weight excluding hydrogens is 267 g/mol. The first kappa shape index (κ1) is 13.6. The lowest BCUT2D eigenvalue weighted by Gasteiger charge is -2.15. The van der Waals surface area contributed by atoms with Gasteiger partial charge in [0.25, 0.3) is 6.43 Å². The summed E-state index contributed by atoms with van der Waals surface area (Å²) in [6, 6.07) is 1.21. The average Bonchev–Trinajstić information content (AvgIpc) is 2.25. The largest absolute Gasteiger partial charge is 0.419 e. The van der Waals surface area contributed by atoms with Gasteiger partial charge in [0, 0.05) is 17.6 Å².